The second kappa shape index (κ2) is 6.27. The van der Waals surface area contributed by atoms with Crippen molar-refractivity contribution in [1.29, 1.82) is 0 Å². The van der Waals surface area contributed by atoms with Gasteiger partial charge in [-0.15, -0.1) is 0 Å². The number of likely N-dealkylation sites (tertiary alicyclic amines) is 1. The molecule has 0 aliphatic carbocycles. The monoisotopic (exact) mass is 352 g/mol. The van der Waals surface area contributed by atoms with Gasteiger partial charge in [0.05, 0.1) is 17.3 Å². The number of nitrogens with zero attached hydrogens (tertiary/aromatic N) is 4. The Hall–Kier alpha value is -2.63. The van der Waals surface area contributed by atoms with Crippen LogP contribution in [0.3, 0.4) is 0 Å². The van der Waals surface area contributed by atoms with E-state index < -0.39 is 0 Å². The van der Waals surface area contributed by atoms with Crippen molar-refractivity contribution in [2.75, 3.05) is 6.54 Å². The van der Waals surface area contributed by atoms with Crippen molar-refractivity contribution in [2.24, 2.45) is 13.0 Å². The van der Waals surface area contributed by atoms with Gasteiger partial charge in [-0.25, -0.2) is 4.98 Å². The molecule has 1 saturated heterocycles. The lowest BCUT2D eigenvalue weighted by Crippen LogP contribution is -2.40. The molecule has 3 aromatic heterocycles. The zero-order chi connectivity index (χ0) is 18.4. The van der Waals surface area contributed by atoms with Crippen LogP contribution in [0.4, 0.5) is 0 Å². The second-order valence-corrected chi connectivity index (χ2v) is 7.40. The molecule has 6 heteroatoms. The summed E-state index contributed by atoms with van der Waals surface area (Å²) in [5, 5.41) is 5.32. The summed E-state index contributed by atoms with van der Waals surface area (Å²) in [6, 6.07) is 5.84. The third-order valence-electron chi connectivity index (χ3n) is 5.33. The molecule has 2 atom stereocenters. The third kappa shape index (κ3) is 2.79. The number of piperidine rings is 1. The average Bonchev–Trinajstić information content (AvgIpc) is 3.18. The van der Waals surface area contributed by atoms with Gasteiger partial charge in [0.2, 0.25) is 0 Å². The van der Waals surface area contributed by atoms with Gasteiger partial charge in [-0.2, -0.15) is 5.10 Å². The second-order valence-electron chi connectivity index (χ2n) is 7.40. The molecule has 0 saturated carbocycles. The molecule has 0 N–H and O–H groups in total. The molecule has 1 aliphatic heterocycles. The Kier molecular flexibility index (Phi) is 4.05. The Balaban J connectivity index is 1.70. The number of hydrogen-bond donors (Lipinski definition) is 0. The van der Waals surface area contributed by atoms with E-state index in [0.717, 1.165) is 47.6 Å². The summed E-state index contributed by atoms with van der Waals surface area (Å²) in [6.45, 7) is 6.84. The predicted molar refractivity (Wildman–Crippen MR) is 98.9 cm³/mol. The first-order valence-corrected chi connectivity index (χ1v) is 9.10. The van der Waals surface area contributed by atoms with E-state index in [1.807, 2.05) is 44.0 Å². The van der Waals surface area contributed by atoms with E-state index in [1.54, 1.807) is 10.9 Å². The Morgan fingerprint density at radius 2 is 2.12 bits per heavy atom. The molecule has 4 rings (SSSR count). The number of carbonyl (C=O) groups excluding carboxylic acids is 1. The maximum absolute atomic E-state index is 13.3. The van der Waals surface area contributed by atoms with Gasteiger partial charge in [-0.1, -0.05) is 6.92 Å². The van der Waals surface area contributed by atoms with Crippen LogP contribution in [0.5, 0.6) is 0 Å². The number of carbonyl (C=O) groups is 1. The summed E-state index contributed by atoms with van der Waals surface area (Å²) in [5.41, 5.74) is 2.29. The van der Waals surface area contributed by atoms with E-state index in [2.05, 4.69) is 17.0 Å². The lowest BCUT2D eigenvalue weighted by atomic mass is 9.90. The van der Waals surface area contributed by atoms with E-state index in [9.17, 15) is 4.79 Å². The van der Waals surface area contributed by atoms with Crippen molar-refractivity contribution < 1.29 is 9.21 Å². The van der Waals surface area contributed by atoms with Gasteiger partial charge in [-0.05, 0) is 50.8 Å². The highest BCUT2D eigenvalue weighted by Crippen LogP contribution is 2.36. The summed E-state index contributed by atoms with van der Waals surface area (Å²) in [7, 11) is 1.87. The molecular formula is C20H24N4O2. The zero-order valence-corrected chi connectivity index (χ0v) is 15.7. The smallest absolute Gasteiger partial charge is 0.256 e. The highest BCUT2D eigenvalue weighted by molar-refractivity contribution is 5.97. The lowest BCUT2D eigenvalue weighted by molar-refractivity contribution is 0.0519. The molecule has 3 aromatic rings. The number of rotatable bonds is 2. The Morgan fingerprint density at radius 3 is 2.85 bits per heavy atom. The van der Waals surface area contributed by atoms with Crippen molar-refractivity contribution in [1.82, 2.24) is 19.7 Å². The van der Waals surface area contributed by atoms with Crippen LogP contribution in [-0.2, 0) is 7.05 Å². The molecule has 0 unspecified atom stereocenters. The van der Waals surface area contributed by atoms with Crippen molar-refractivity contribution in [3.8, 4) is 0 Å². The molecule has 0 radical (unpaired) electrons. The number of pyridine rings is 1. The fourth-order valence-electron chi connectivity index (χ4n) is 3.88. The maximum atomic E-state index is 13.3. The number of aryl methyl sites for hydroxylation is 3. The molecule has 0 spiro atoms. The summed E-state index contributed by atoms with van der Waals surface area (Å²) in [4.78, 5) is 19.7. The molecule has 1 aliphatic rings. The van der Waals surface area contributed by atoms with Gasteiger partial charge >= 0.3 is 0 Å². The van der Waals surface area contributed by atoms with Crippen LogP contribution in [0.25, 0.3) is 11.0 Å². The van der Waals surface area contributed by atoms with Gasteiger partial charge in [-0.3, -0.25) is 9.48 Å². The number of fused-ring (bicyclic) bond motifs is 1. The van der Waals surface area contributed by atoms with Crippen molar-refractivity contribution >= 4 is 16.9 Å². The molecule has 1 amide bonds. The predicted octanol–water partition coefficient (Wildman–Crippen LogP) is 3.79. The highest BCUT2D eigenvalue weighted by Gasteiger charge is 2.33. The number of amides is 1. The van der Waals surface area contributed by atoms with Crippen LogP contribution in [-0.4, -0.2) is 32.1 Å². The highest BCUT2D eigenvalue weighted by atomic mass is 16.3. The molecule has 26 heavy (non-hydrogen) atoms. The van der Waals surface area contributed by atoms with E-state index in [0.29, 0.717) is 11.5 Å². The zero-order valence-electron chi connectivity index (χ0n) is 15.7. The first kappa shape index (κ1) is 16.8. The standard InChI is InChI=1S/C20H24N4O2/c1-12-7-8-24(17(9-12)18-6-5-13(2)26-18)20(25)15-10-16-14(3)22-23(4)19(16)21-11-15/h5-6,10-12,17H,7-9H2,1-4H3/t12-,17-/m0/s1. The SMILES string of the molecule is Cc1ccc([C@@H]2C[C@@H](C)CCN2C(=O)c2cnc3c(c2)c(C)nn3C)o1. The minimum absolute atomic E-state index is 0.00797. The lowest BCUT2D eigenvalue weighted by Gasteiger charge is -2.37. The molecule has 6 nitrogen and oxygen atoms in total. The maximum Gasteiger partial charge on any atom is 0.256 e. The molecular weight excluding hydrogens is 328 g/mol. The van der Waals surface area contributed by atoms with E-state index in [4.69, 9.17) is 4.42 Å². The average molecular weight is 352 g/mol. The van der Waals surface area contributed by atoms with Crippen LogP contribution in [0, 0.1) is 19.8 Å². The first-order chi connectivity index (χ1) is 12.4. The number of furan rings is 1. The molecule has 136 valence electrons. The minimum atomic E-state index is -0.0226. The minimum Gasteiger partial charge on any atom is -0.464 e. The third-order valence-corrected chi connectivity index (χ3v) is 5.33. The fourth-order valence-corrected chi connectivity index (χ4v) is 3.88. The Labute approximate surface area is 152 Å². The van der Waals surface area contributed by atoms with Crippen LogP contribution >= 0.6 is 0 Å². The molecule has 1 fully saturated rings. The van der Waals surface area contributed by atoms with Crippen LogP contribution in [0.1, 0.15) is 53.4 Å². The van der Waals surface area contributed by atoms with Gasteiger partial charge in [0, 0.05) is 25.2 Å². The largest absolute Gasteiger partial charge is 0.464 e. The van der Waals surface area contributed by atoms with Gasteiger partial charge in [0.15, 0.2) is 5.65 Å². The molecule has 4 heterocycles. The number of hydrogen-bond acceptors (Lipinski definition) is 4. The van der Waals surface area contributed by atoms with Crippen LogP contribution in [0.2, 0.25) is 0 Å². The molecule has 0 aromatic carbocycles. The van der Waals surface area contributed by atoms with E-state index in [-0.39, 0.29) is 11.9 Å². The summed E-state index contributed by atoms with van der Waals surface area (Å²) in [6.07, 6.45) is 3.58. The quantitative estimate of drug-likeness (QED) is 0.704. The van der Waals surface area contributed by atoms with Gasteiger partial charge in [0.25, 0.3) is 5.91 Å². The van der Waals surface area contributed by atoms with Crippen molar-refractivity contribution in [3.63, 3.8) is 0 Å². The van der Waals surface area contributed by atoms with Crippen molar-refractivity contribution in [3.05, 3.63) is 47.2 Å². The normalized spacial score (nSPS) is 20.7. The Morgan fingerprint density at radius 1 is 1.31 bits per heavy atom. The van der Waals surface area contributed by atoms with Crippen molar-refractivity contribution in [2.45, 2.75) is 39.7 Å². The Bertz CT molecular complexity index is 972. The molecule has 0 bridgehead atoms. The first-order valence-electron chi connectivity index (χ1n) is 9.10. The summed E-state index contributed by atoms with van der Waals surface area (Å²) < 4.78 is 7.60. The van der Waals surface area contributed by atoms with Crippen LogP contribution in [0.15, 0.2) is 28.8 Å². The van der Waals surface area contributed by atoms with E-state index in [1.165, 1.54) is 0 Å². The number of aromatic nitrogens is 3. The fraction of sp³-hybridized carbons (Fsp3) is 0.450. The van der Waals surface area contributed by atoms with E-state index >= 15 is 0 Å². The van der Waals surface area contributed by atoms with Crippen LogP contribution < -0.4 is 0 Å². The van der Waals surface area contributed by atoms with Gasteiger partial charge in [0.1, 0.15) is 11.5 Å². The van der Waals surface area contributed by atoms with Gasteiger partial charge < -0.3 is 9.32 Å². The summed E-state index contributed by atoms with van der Waals surface area (Å²) in [5.74, 6) is 2.32. The summed E-state index contributed by atoms with van der Waals surface area (Å²) >= 11 is 0. The topological polar surface area (TPSA) is 64.2 Å².